The number of para-hydroxylation sites is 1. The molecule has 0 aliphatic heterocycles. The van der Waals surface area contributed by atoms with Crippen LogP contribution in [0.3, 0.4) is 0 Å². The number of ether oxygens (including phenoxy) is 1. The lowest BCUT2D eigenvalue weighted by Crippen LogP contribution is -2.07. The summed E-state index contributed by atoms with van der Waals surface area (Å²) in [5, 5.41) is 10.6. The van der Waals surface area contributed by atoms with Gasteiger partial charge in [0.05, 0.1) is 4.92 Å². The normalized spacial score (nSPS) is 12.0. The minimum atomic E-state index is -0.609. The standard InChI is InChI=1S/C14H12ClFN2O3/c1-8(17)10-3-2-4-12(16)14(10)21-9-5-6-13(18(19)20)11(15)7-9/h2-8H,17H2,1H3. The summed E-state index contributed by atoms with van der Waals surface area (Å²) in [4.78, 5) is 10.1. The van der Waals surface area contributed by atoms with E-state index in [1.807, 2.05) is 0 Å². The molecule has 2 aromatic rings. The highest BCUT2D eigenvalue weighted by Crippen LogP contribution is 2.34. The summed E-state index contributed by atoms with van der Waals surface area (Å²) in [6, 6.07) is 7.81. The van der Waals surface area contributed by atoms with Gasteiger partial charge in [-0.2, -0.15) is 0 Å². The third-order valence-corrected chi connectivity index (χ3v) is 3.13. The topological polar surface area (TPSA) is 78.4 Å². The van der Waals surface area contributed by atoms with Crippen LogP contribution >= 0.6 is 11.6 Å². The molecule has 0 bridgehead atoms. The van der Waals surface area contributed by atoms with Crippen molar-refractivity contribution in [3.63, 3.8) is 0 Å². The Balaban J connectivity index is 2.39. The predicted octanol–water partition coefficient (Wildman–Crippen LogP) is 4.20. The Labute approximate surface area is 125 Å². The minimum Gasteiger partial charge on any atom is -0.454 e. The van der Waals surface area contributed by atoms with E-state index in [0.717, 1.165) is 0 Å². The number of benzene rings is 2. The first kappa shape index (κ1) is 15.2. The number of nitro groups is 1. The third-order valence-electron chi connectivity index (χ3n) is 2.82. The van der Waals surface area contributed by atoms with Gasteiger partial charge in [0.1, 0.15) is 10.8 Å². The molecule has 0 saturated carbocycles. The van der Waals surface area contributed by atoms with Gasteiger partial charge in [0, 0.05) is 23.7 Å². The zero-order valence-corrected chi connectivity index (χ0v) is 11.8. The van der Waals surface area contributed by atoms with Crippen LogP contribution in [-0.2, 0) is 0 Å². The lowest BCUT2D eigenvalue weighted by atomic mass is 10.1. The average molecular weight is 311 g/mol. The minimum absolute atomic E-state index is 0.0163. The summed E-state index contributed by atoms with van der Waals surface area (Å²) in [6.45, 7) is 1.70. The highest BCUT2D eigenvalue weighted by atomic mass is 35.5. The predicted molar refractivity (Wildman–Crippen MR) is 77.2 cm³/mol. The van der Waals surface area contributed by atoms with Crippen LogP contribution in [0.2, 0.25) is 5.02 Å². The number of halogens is 2. The molecule has 1 atom stereocenters. The number of nitrogens with two attached hydrogens (primary N) is 1. The van der Waals surface area contributed by atoms with Crippen LogP contribution in [0, 0.1) is 15.9 Å². The summed E-state index contributed by atoms with van der Waals surface area (Å²) in [5.74, 6) is -0.394. The van der Waals surface area contributed by atoms with Crippen LogP contribution in [0.4, 0.5) is 10.1 Å². The molecule has 21 heavy (non-hydrogen) atoms. The molecule has 0 radical (unpaired) electrons. The van der Waals surface area contributed by atoms with Crippen molar-refractivity contribution >= 4 is 17.3 Å². The fourth-order valence-electron chi connectivity index (χ4n) is 1.81. The maximum atomic E-state index is 13.9. The summed E-state index contributed by atoms with van der Waals surface area (Å²) in [6.07, 6.45) is 0. The van der Waals surface area contributed by atoms with Gasteiger partial charge < -0.3 is 10.5 Å². The van der Waals surface area contributed by atoms with Gasteiger partial charge in [-0.05, 0) is 19.1 Å². The van der Waals surface area contributed by atoms with Crippen LogP contribution < -0.4 is 10.5 Å². The smallest absolute Gasteiger partial charge is 0.288 e. The first-order chi connectivity index (χ1) is 9.90. The van der Waals surface area contributed by atoms with Gasteiger partial charge in [0.15, 0.2) is 11.6 Å². The van der Waals surface area contributed by atoms with Gasteiger partial charge in [-0.1, -0.05) is 23.7 Å². The number of hydrogen-bond donors (Lipinski definition) is 1. The molecule has 0 heterocycles. The van der Waals surface area contributed by atoms with Crippen molar-refractivity contribution in [1.82, 2.24) is 0 Å². The Hall–Kier alpha value is -2.18. The molecule has 0 aromatic heterocycles. The maximum absolute atomic E-state index is 13.9. The Kier molecular flexibility index (Phi) is 4.40. The van der Waals surface area contributed by atoms with Gasteiger partial charge in [0.2, 0.25) is 0 Å². The van der Waals surface area contributed by atoms with Crippen LogP contribution in [0.15, 0.2) is 36.4 Å². The number of nitro benzene ring substituents is 1. The van der Waals surface area contributed by atoms with E-state index in [0.29, 0.717) is 5.56 Å². The first-order valence-corrected chi connectivity index (χ1v) is 6.43. The third kappa shape index (κ3) is 3.29. The second kappa shape index (κ2) is 6.07. The van der Waals surface area contributed by atoms with Crippen LogP contribution in [0.1, 0.15) is 18.5 Å². The Bertz CT molecular complexity index is 692. The van der Waals surface area contributed by atoms with Crippen molar-refractivity contribution in [2.24, 2.45) is 5.73 Å². The monoisotopic (exact) mass is 310 g/mol. The van der Waals surface area contributed by atoms with Gasteiger partial charge in [-0.3, -0.25) is 10.1 Å². The van der Waals surface area contributed by atoms with Gasteiger partial charge in [-0.15, -0.1) is 0 Å². The molecule has 2 N–H and O–H groups in total. The van der Waals surface area contributed by atoms with E-state index in [-0.39, 0.29) is 22.2 Å². The van der Waals surface area contributed by atoms with Crippen molar-refractivity contribution in [3.8, 4) is 11.5 Å². The van der Waals surface area contributed by atoms with Crippen molar-refractivity contribution in [3.05, 3.63) is 62.9 Å². The molecule has 0 amide bonds. The Morgan fingerprint density at radius 1 is 1.38 bits per heavy atom. The SMILES string of the molecule is CC(N)c1cccc(F)c1Oc1ccc([N+](=O)[O-])c(Cl)c1. The largest absolute Gasteiger partial charge is 0.454 e. The van der Waals surface area contributed by atoms with Gasteiger partial charge >= 0.3 is 0 Å². The second-order valence-electron chi connectivity index (χ2n) is 4.42. The molecule has 1 unspecified atom stereocenters. The highest BCUT2D eigenvalue weighted by molar-refractivity contribution is 6.32. The van der Waals surface area contributed by atoms with Crippen molar-refractivity contribution in [2.45, 2.75) is 13.0 Å². The molecule has 110 valence electrons. The molecule has 0 aliphatic rings. The fourth-order valence-corrected chi connectivity index (χ4v) is 2.05. The quantitative estimate of drug-likeness (QED) is 0.678. The Morgan fingerprint density at radius 2 is 2.10 bits per heavy atom. The fraction of sp³-hybridized carbons (Fsp3) is 0.143. The molecular weight excluding hydrogens is 299 g/mol. The molecule has 2 rings (SSSR count). The zero-order valence-electron chi connectivity index (χ0n) is 11.0. The van der Waals surface area contributed by atoms with E-state index in [4.69, 9.17) is 22.1 Å². The zero-order chi connectivity index (χ0) is 15.6. The molecule has 0 fully saturated rings. The van der Waals surface area contributed by atoms with E-state index in [1.54, 1.807) is 13.0 Å². The molecule has 7 heteroatoms. The lowest BCUT2D eigenvalue weighted by Gasteiger charge is -2.14. The van der Waals surface area contributed by atoms with Gasteiger partial charge in [0.25, 0.3) is 5.69 Å². The van der Waals surface area contributed by atoms with Crippen LogP contribution in [0.5, 0.6) is 11.5 Å². The summed E-state index contributed by atoms with van der Waals surface area (Å²) >= 11 is 5.79. The van der Waals surface area contributed by atoms with E-state index < -0.39 is 16.8 Å². The number of nitrogens with zero attached hydrogens (tertiary/aromatic N) is 1. The van der Waals surface area contributed by atoms with E-state index >= 15 is 0 Å². The molecule has 5 nitrogen and oxygen atoms in total. The highest BCUT2D eigenvalue weighted by Gasteiger charge is 2.17. The average Bonchev–Trinajstić information content (AvgIpc) is 2.40. The van der Waals surface area contributed by atoms with Gasteiger partial charge in [-0.25, -0.2) is 4.39 Å². The molecular formula is C14H12ClFN2O3. The van der Waals surface area contributed by atoms with E-state index in [9.17, 15) is 14.5 Å². The van der Waals surface area contributed by atoms with Crippen molar-refractivity contribution in [2.75, 3.05) is 0 Å². The second-order valence-corrected chi connectivity index (χ2v) is 4.83. The first-order valence-electron chi connectivity index (χ1n) is 6.06. The maximum Gasteiger partial charge on any atom is 0.288 e. The van der Waals surface area contributed by atoms with Crippen molar-refractivity contribution < 1.29 is 14.1 Å². The Morgan fingerprint density at radius 3 is 2.67 bits per heavy atom. The lowest BCUT2D eigenvalue weighted by molar-refractivity contribution is -0.384. The molecule has 0 aliphatic carbocycles. The number of rotatable bonds is 4. The summed E-state index contributed by atoms with van der Waals surface area (Å²) in [7, 11) is 0. The van der Waals surface area contributed by atoms with E-state index in [2.05, 4.69) is 0 Å². The molecule has 2 aromatic carbocycles. The van der Waals surface area contributed by atoms with Crippen molar-refractivity contribution in [1.29, 1.82) is 0 Å². The van der Waals surface area contributed by atoms with Crippen LogP contribution in [0.25, 0.3) is 0 Å². The molecule has 0 saturated heterocycles. The molecule has 0 spiro atoms. The van der Waals surface area contributed by atoms with E-state index in [1.165, 1.54) is 30.3 Å². The van der Waals surface area contributed by atoms with Crippen LogP contribution in [-0.4, -0.2) is 4.92 Å². The summed E-state index contributed by atoms with van der Waals surface area (Å²) < 4.78 is 19.3. The summed E-state index contributed by atoms with van der Waals surface area (Å²) in [5.41, 5.74) is 6.01. The number of hydrogen-bond acceptors (Lipinski definition) is 4.